The number of benzene rings is 2. The average Bonchev–Trinajstić information content (AvgIpc) is 3.13. The van der Waals surface area contributed by atoms with Gasteiger partial charge in [-0.2, -0.15) is 0 Å². The Labute approximate surface area is 179 Å². The number of likely N-dealkylation sites (tertiary alicyclic amines) is 1. The second kappa shape index (κ2) is 6.95. The van der Waals surface area contributed by atoms with E-state index >= 15 is 4.39 Å². The zero-order chi connectivity index (χ0) is 21.1. The van der Waals surface area contributed by atoms with Crippen LogP contribution in [-0.4, -0.2) is 34.1 Å². The van der Waals surface area contributed by atoms with E-state index in [1.165, 1.54) is 6.07 Å². The van der Waals surface area contributed by atoms with Crippen molar-refractivity contribution in [3.63, 3.8) is 0 Å². The molecule has 1 amide bonds. The summed E-state index contributed by atoms with van der Waals surface area (Å²) in [4.78, 5) is 15.7. The minimum absolute atomic E-state index is 0.0159. The predicted octanol–water partition coefficient (Wildman–Crippen LogP) is 4.93. The number of nitrogens with zero attached hydrogens (tertiary/aromatic N) is 1. The van der Waals surface area contributed by atoms with Gasteiger partial charge >= 0.3 is 0 Å². The van der Waals surface area contributed by atoms with Crippen LogP contribution in [0.15, 0.2) is 36.4 Å². The predicted molar refractivity (Wildman–Crippen MR) is 113 cm³/mol. The van der Waals surface area contributed by atoms with Crippen molar-refractivity contribution in [3.05, 3.63) is 63.4 Å². The molecule has 1 spiro atoms. The Hall–Kier alpha value is -1.66. The first-order valence-electron chi connectivity index (χ1n) is 9.58. The van der Waals surface area contributed by atoms with Crippen LogP contribution < -0.4 is 5.32 Å². The minimum atomic E-state index is -1.18. The van der Waals surface area contributed by atoms with Gasteiger partial charge in [-0.3, -0.25) is 9.69 Å². The van der Waals surface area contributed by atoms with Crippen molar-refractivity contribution in [1.29, 1.82) is 0 Å². The number of aliphatic hydroxyl groups is 1. The highest BCUT2D eigenvalue weighted by Crippen LogP contribution is 2.59. The topological polar surface area (TPSA) is 52.6 Å². The number of carbonyl (C=O) groups excluding carboxylic acids is 1. The Bertz CT molecular complexity index is 991. The molecule has 2 aromatic rings. The van der Waals surface area contributed by atoms with Crippen LogP contribution >= 0.6 is 23.2 Å². The number of anilines is 1. The Kier molecular flexibility index (Phi) is 4.94. The van der Waals surface area contributed by atoms with E-state index in [1.54, 1.807) is 24.3 Å². The monoisotopic (exact) mass is 436 g/mol. The molecule has 1 fully saturated rings. The first-order chi connectivity index (χ1) is 13.6. The maximum atomic E-state index is 15.1. The molecule has 4 rings (SSSR count). The largest absolute Gasteiger partial charge is 0.395 e. The quantitative estimate of drug-likeness (QED) is 0.701. The third-order valence-electron chi connectivity index (χ3n) is 6.03. The zero-order valence-corrected chi connectivity index (χ0v) is 18.0. The fourth-order valence-electron chi connectivity index (χ4n) is 5.26. The van der Waals surface area contributed by atoms with Crippen molar-refractivity contribution in [2.75, 3.05) is 11.9 Å². The number of carbonyl (C=O) groups is 1. The molecule has 0 unspecified atom stereocenters. The number of halogens is 3. The molecule has 1 saturated heterocycles. The smallest absolute Gasteiger partial charge is 0.250 e. The van der Waals surface area contributed by atoms with Gasteiger partial charge in [0, 0.05) is 33.8 Å². The Morgan fingerprint density at radius 1 is 1.28 bits per heavy atom. The highest BCUT2D eigenvalue weighted by molar-refractivity contribution is 6.31. The van der Waals surface area contributed by atoms with Gasteiger partial charge in [-0.15, -0.1) is 0 Å². The van der Waals surface area contributed by atoms with Crippen LogP contribution in [0.25, 0.3) is 0 Å². The molecule has 0 aliphatic carbocycles. The summed E-state index contributed by atoms with van der Waals surface area (Å²) < 4.78 is 15.1. The van der Waals surface area contributed by atoms with Crippen LogP contribution in [0.5, 0.6) is 0 Å². The van der Waals surface area contributed by atoms with E-state index in [9.17, 15) is 9.90 Å². The molecular formula is C22H23Cl2FN2O2. The van der Waals surface area contributed by atoms with E-state index in [0.29, 0.717) is 22.7 Å². The van der Waals surface area contributed by atoms with E-state index in [4.69, 9.17) is 23.2 Å². The fourth-order valence-corrected chi connectivity index (χ4v) is 5.61. The Balaban J connectivity index is 2.05. The van der Waals surface area contributed by atoms with E-state index in [2.05, 4.69) is 5.32 Å². The molecule has 2 N–H and O–H groups in total. The van der Waals surface area contributed by atoms with E-state index < -0.39 is 22.8 Å². The van der Waals surface area contributed by atoms with Crippen LogP contribution in [0.2, 0.25) is 10.0 Å². The Morgan fingerprint density at radius 2 is 2.00 bits per heavy atom. The summed E-state index contributed by atoms with van der Waals surface area (Å²) in [5, 5.41) is 13.7. The average molecular weight is 437 g/mol. The fraction of sp³-hybridized carbons (Fsp3) is 0.409. The molecule has 0 radical (unpaired) electrons. The maximum Gasteiger partial charge on any atom is 0.250 e. The second-order valence-corrected chi connectivity index (χ2v) is 9.56. The van der Waals surface area contributed by atoms with Crippen molar-refractivity contribution in [3.8, 4) is 0 Å². The molecule has 154 valence electrons. The van der Waals surface area contributed by atoms with Gasteiger partial charge in [0.2, 0.25) is 5.91 Å². The van der Waals surface area contributed by atoms with Gasteiger partial charge in [-0.1, -0.05) is 41.4 Å². The third kappa shape index (κ3) is 2.90. The molecule has 7 heteroatoms. The van der Waals surface area contributed by atoms with Crippen molar-refractivity contribution in [2.24, 2.45) is 0 Å². The SMILES string of the molecule is CC(C)(C)N1[C@@H](CO)C[C@H](c2cccc(Cl)c2F)[C@]12C(=O)Nc1cc(Cl)ccc12. The normalized spacial score (nSPS) is 26.8. The van der Waals surface area contributed by atoms with Gasteiger partial charge in [0.05, 0.1) is 11.6 Å². The van der Waals surface area contributed by atoms with Gasteiger partial charge < -0.3 is 10.4 Å². The van der Waals surface area contributed by atoms with Gasteiger partial charge in [-0.05, 0) is 51.0 Å². The van der Waals surface area contributed by atoms with Gasteiger partial charge in [0.15, 0.2) is 0 Å². The lowest BCUT2D eigenvalue weighted by atomic mass is 9.74. The lowest BCUT2D eigenvalue weighted by Gasteiger charge is -2.47. The summed E-state index contributed by atoms with van der Waals surface area (Å²) in [5.74, 6) is -1.30. The van der Waals surface area contributed by atoms with Crippen LogP contribution in [0.4, 0.5) is 10.1 Å². The molecule has 29 heavy (non-hydrogen) atoms. The molecule has 4 nitrogen and oxygen atoms in total. The summed E-state index contributed by atoms with van der Waals surface area (Å²) in [7, 11) is 0. The number of aliphatic hydroxyl groups excluding tert-OH is 1. The van der Waals surface area contributed by atoms with Crippen molar-refractivity contribution < 1.29 is 14.3 Å². The third-order valence-corrected chi connectivity index (χ3v) is 6.56. The summed E-state index contributed by atoms with van der Waals surface area (Å²) >= 11 is 12.3. The number of nitrogens with one attached hydrogen (secondary N) is 1. The van der Waals surface area contributed by atoms with E-state index in [1.807, 2.05) is 31.7 Å². The molecule has 2 heterocycles. The number of fused-ring (bicyclic) bond motifs is 2. The molecule has 0 aromatic heterocycles. The van der Waals surface area contributed by atoms with Crippen LogP contribution in [0, 0.1) is 5.82 Å². The molecule has 3 atom stereocenters. The summed E-state index contributed by atoms with van der Waals surface area (Å²) in [6.45, 7) is 5.84. The first kappa shape index (κ1) is 20.6. The lowest BCUT2D eigenvalue weighted by molar-refractivity contribution is -0.132. The highest BCUT2D eigenvalue weighted by Gasteiger charge is 2.65. The van der Waals surface area contributed by atoms with Gasteiger partial charge in [0.25, 0.3) is 0 Å². The number of rotatable bonds is 2. The highest BCUT2D eigenvalue weighted by atomic mass is 35.5. The Morgan fingerprint density at radius 3 is 2.66 bits per heavy atom. The van der Waals surface area contributed by atoms with E-state index in [0.717, 1.165) is 5.56 Å². The van der Waals surface area contributed by atoms with Crippen molar-refractivity contribution in [1.82, 2.24) is 4.90 Å². The zero-order valence-electron chi connectivity index (χ0n) is 16.5. The van der Waals surface area contributed by atoms with E-state index in [-0.39, 0.29) is 23.6 Å². The molecule has 2 aliphatic heterocycles. The molecular weight excluding hydrogens is 414 g/mol. The lowest BCUT2D eigenvalue weighted by Crippen LogP contribution is -2.59. The molecule has 2 aromatic carbocycles. The summed E-state index contributed by atoms with van der Waals surface area (Å²) in [6, 6.07) is 9.81. The molecule has 2 aliphatic rings. The van der Waals surface area contributed by atoms with Crippen LogP contribution in [0.3, 0.4) is 0 Å². The van der Waals surface area contributed by atoms with Crippen molar-refractivity contribution >= 4 is 34.8 Å². The van der Waals surface area contributed by atoms with Crippen LogP contribution in [-0.2, 0) is 10.3 Å². The summed E-state index contributed by atoms with van der Waals surface area (Å²) in [5.41, 5.74) is 0.0675. The second-order valence-electron chi connectivity index (χ2n) is 8.72. The number of hydrogen-bond donors (Lipinski definition) is 2. The number of amides is 1. The standard InChI is InChI=1S/C22H23Cl2FN2O2/c1-21(2,3)27-13(11-28)10-16(14-5-4-6-17(24)19(14)25)22(27)15-8-7-12(23)9-18(15)26-20(22)29/h4-9,13,16,28H,10-11H2,1-3H3,(H,26,29)/t13-,16-,22-/m1/s1. The molecule has 0 bridgehead atoms. The van der Waals surface area contributed by atoms with Gasteiger partial charge in [-0.25, -0.2) is 4.39 Å². The van der Waals surface area contributed by atoms with Crippen molar-refractivity contribution in [2.45, 2.75) is 50.2 Å². The van der Waals surface area contributed by atoms with Crippen LogP contribution in [0.1, 0.15) is 44.2 Å². The number of hydrogen-bond acceptors (Lipinski definition) is 3. The molecule has 0 saturated carbocycles. The minimum Gasteiger partial charge on any atom is -0.395 e. The maximum absolute atomic E-state index is 15.1. The van der Waals surface area contributed by atoms with Gasteiger partial charge in [0.1, 0.15) is 11.4 Å². The first-order valence-corrected chi connectivity index (χ1v) is 10.3. The summed E-state index contributed by atoms with van der Waals surface area (Å²) in [6.07, 6.45) is 0.417.